The van der Waals surface area contributed by atoms with E-state index in [0.717, 1.165) is 87.9 Å². The van der Waals surface area contributed by atoms with E-state index in [0.29, 0.717) is 89.6 Å². The molecule has 0 aromatic heterocycles. The Labute approximate surface area is 340 Å². The highest BCUT2D eigenvalue weighted by atomic mass is 35.5. The van der Waals surface area contributed by atoms with Gasteiger partial charge in [-0.05, 0) is 62.1 Å². The van der Waals surface area contributed by atoms with Crippen LogP contribution in [0.5, 0.6) is 0 Å². The summed E-state index contributed by atoms with van der Waals surface area (Å²) in [5.74, 6) is 0. The maximum absolute atomic E-state index is 8.55. The molecule has 52 heavy (non-hydrogen) atoms. The number of rotatable bonds is 28. The van der Waals surface area contributed by atoms with E-state index in [1.807, 2.05) is 30.3 Å². The summed E-state index contributed by atoms with van der Waals surface area (Å²) in [5.41, 5.74) is 2.48. The summed E-state index contributed by atoms with van der Waals surface area (Å²) in [6.07, 6.45) is 8.54. The summed E-state index contributed by atoms with van der Waals surface area (Å²) in [4.78, 5) is 0. The van der Waals surface area contributed by atoms with Crippen LogP contribution in [-0.4, -0.2) is 71.2 Å². The zero-order valence-corrected chi connectivity index (χ0v) is 34.2. The average Bonchev–Trinajstić information content (AvgIpc) is 3.12. The van der Waals surface area contributed by atoms with Gasteiger partial charge >= 0.3 is 0 Å². The average molecular weight is 846 g/mol. The molecule has 0 spiro atoms. The topological polar surface area (TPSA) is 75.6 Å². The van der Waals surface area contributed by atoms with Gasteiger partial charge in [0.1, 0.15) is 0 Å². The van der Waals surface area contributed by atoms with Crippen molar-refractivity contribution >= 4 is 69.6 Å². The van der Waals surface area contributed by atoms with E-state index in [1.165, 1.54) is 0 Å². The molecule has 292 valence electrons. The molecular formula is C39H52Cl6O7. The van der Waals surface area contributed by atoms with Crippen LogP contribution in [0.2, 0.25) is 30.1 Å². The molecular weight excluding hydrogens is 793 g/mol. The van der Waals surface area contributed by atoms with E-state index in [9.17, 15) is 0 Å². The maximum atomic E-state index is 8.55. The molecule has 0 radical (unpaired) electrons. The summed E-state index contributed by atoms with van der Waals surface area (Å²) in [6.45, 7) is 6.82. The summed E-state index contributed by atoms with van der Waals surface area (Å²) in [5, 5.41) is 12.3. The van der Waals surface area contributed by atoms with Crippen LogP contribution in [0.3, 0.4) is 0 Å². The minimum atomic E-state index is 0.0958. The van der Waals surface area contributed by atoms with Gasteiger partial charge in [-0.25, -0.2) is 0 Å². The van der Waals surface area contributed by atoms with Crippen molar-refractivity contribution in [3.63, 3.8) is 0 Å². The first-order chi connectivity index (χ1) is 25.3. The Morgan fingerprint density at radius 1 is 0.327 bits per heavy atom. The summed E-state index contributed by atoms with van der Waals surface area (Å²) in [6, 6.07) is 16.3. The first-order valence-corrected chi connectivity index (χ1v) is 20.0. The van der Waals surface area contributed by atoms with E-state index in [-0.39, 0.29) is 6.61 Å². The van der Waals surface area contributed by atoms with Crippen molar-refractivity contribution < 1.29 is 33.5 Å². The molecule has 3 rings (SSSR count). The molecule has 0 saturated heterocycles. The Morgan fingerprint density at radius 3 is 0.885 bits per heavy atom. The van der Waals surface area contributed by atoms with Crippen molar-refractivity contribution in [3.05, 3.63) is 101 Å². The fraction of sp³-hybridized carbons (Fsp3) is 0.538. The molecule has 3 aromatic carbocycles. The molecule has 0 aliphatic rings. The van der Waals surface area contributed by atoms with E-state index in [1.54, 1.807) is 24.3 Å². The van der Waals surface area contributed by atoms with Crippen molar-refractivity contribution in [1.82, 2.24) is 0 Å². The number of hydrogen-bond acceptors (Lipinski definition) is 7. The largest absolute Gasteiger partial charge is 0.394 e. The lowest BCUT2D eigenvalue weighted by atomic mass is 10.2. The lowest BCUT2D eigenvalue weighted by Crippen LogP contribution is -2.06. The second-order valence-electron chi connectivity index (χ2n) is 11.6. The van der Waals surface area contributed by atoms with Crippen LogP contribution in [0.15, 0.2) is 54.6 Å². The smallest absolute Gasteiger partial charge is 0.0747 e. The van der Waals surface area contributed by atoms with Crippen LogP contribution in [0.25, 0.3) is 0 Å². The molecule has 7 nitrogen and oxygen atoms in total. The fourth-order valence-corrected chi connectivity index (χ4v) is 6.18. The Bertz CT molecular complexity index is 1230. The first kappa shape index (κ1) is 47.3. The highest BCUT2D eigenvalue weighted by molar-refractivity contribution is 6.37. The summed E-state index contributed by atoms with van der Waals surface area (Å²) >= 11 is 36.6. The zero-order valence-electron chi connectivity index (χ0n) is 29.7. The van der Waals surface area contributed by atoms with Gasteiger partial charge in [-0.2, -0.15) is 0 Å². The van der Waals surface area contributed by atoms with E-state index < -0.39 is 0 Å². The normalized spacial score (nSPS) is 11.1. The predicted molar refractivity (Wildman–Crippen MR) is 215 cm³/mol. The van der Waals surface area contributed by atoms with E-state index in [2.05, 4.69) is 0 Å². The Kier molecular flexibility index (Phi) is 28.5. The van der Waals surface area contributed by atoms with Crippen LogP contribution in [0, 0.1) is 0 Å². The Balaban J connectivity index is 0.000000371. The second kappa shape index (κ2) is 31.3. The minimum Gasteiger partial charge on any atom is -0.394 e. The molecule has 1 N–H and O–H groups in total. The van der Waals surface area contributed by atoms with Crippen molar-refractivity contribution in [3.8, 4) is 0 Å². The standard InChI is InChI=1S/C22H26Cl4O3.C17H26Cl2O4/c23-19-7-5-8-20(24)17(19)15-28-12-4-2-1-3-11-27-13-14-29-16-18-21(25)9-6-10-22(18)26;18-16-6-5-7-17(19)15(16)14-23-13-12-22-10-4-2-1-3-9-21-11-8-20/h5-10H,1-4,11-16H2;5-7,20H,1-4,8-14H2. The summed E-state index contributed by atoms with van der Waals surface area (Å²) < 4.78 is 33.1. The number of aliphatic hydroxyl groups is 1. The molecule has 0 aliphatic heterocycles. The van der Waals surface area contributed by atoms with Crippen LogP contribution >= 0.6 is 69.6 Å². The van der Waals surface area contributed by atoms with Gasteiger partial charge in [0, 0.05) is 73.3 Å². The van der Waals surface area contributed by atoms with Gasteiger partial charge in [0.2, 0.25) is 0 Å². The van der Waals surface area contributed by atoms with Gasteiger partial charge in [0.15, 0.2) is 0 Å². The third kappa shape index (κ3) is 21.9. The lowest BCUT2D eigenvalue weighted by molar-refractivity contribution is 0.0390. The van der Waals surface area contributed by atoms with Gasteiger partial charge in [0.25, 0.3) is 0 Å². The molecule has 0 fully saturated rings. The number of hydrogen-bond donors (Lipinski definition) is 1. The Hall–Kier alpha value is -0.880. The van der Waals surface area contributed by atoms with Crippen LogP contribution in [0.4, 0.5) is 0 Å². The van der Waals surface area contributed by atoms with Crippen molar-refractivity contribution in [2.45, 2.75) is 71.2 Å². The van der Waals surface area contributed by atoms with Crippen LogP contribution in [0.1, 0.15) is 68.1 Å². The second-order valence-corrected chi connectivity index (χ2v) is 14.1. The number of aliphatic hydroxyl groups excluding tert-OH is 1. The first-order valence-electron chi connectivity index (χ1n) is 17.7. The third-order valence-corrected chi connectivity index (χ3v) is 9.68. The number of benzene rings is 3. The van der Waals surface area contributed by atoms with Crippen molar-refractivity contribution in [2.75, 3.05) is 66.1 Å². The van der Waals surface area contributed by atoms with Crippen LogP contribution < -0.4 is 0 Å². The highest BCUT2D eigenvalue weighted by Crippen LogP contribution is 2.26. The molecule has 0 aliphatic carbocycles. The highest BCUT2D eigenvalue weighted by Gasteiger charge is 2.07. The quantitative estimate of drug-likeness (QED) is 0.0730. The number of halogens is 6. The SMILES string of the molecule is Clc1cccc(Cl)c1COCCCCCCOCCOCc1c(Cl)cccc1Cl.OCCOCCCCCCOCCOCc1c(Cl)cccc1Cl. The zero-order chi connectivity index (χ0) is 37.7. The molecule has 0 heterocycles. The van der Waals surface area contributed by atoms with Crippen molar-refractivity contribution in [2.24, 2.45) is 0 Å². The Morgan fingerprint density at radius 2 is 0.577 bits per heavy atom. The molecule has 0 amide bonds. The molecule has 0 unspecified atom stereocenters. The van der Waals surface area contributed by atoms with Gasteiger partial charge in [0.05, 0.1) is 59.5 Å². The summed E-state index contributed by atoms with van der Waals surface area (Å²) in [7, 11) is 0. The predicted octanol–water partition coefficient (Wildman–Crippen LogP) is 11.7. The van der Waals surface area contributed by atoms with Gasteiger partial charge in [-0.3, -0.25) is 0 Å². The van der Waals surface area contributed by atoms with E-state index in [4.69, 9.17) is 103 Å². The number of unbranched alkanes of at least 4 members (excludes halogenated alkanes) is 6. The lowest BCUT2D eigenvalue weighted by Gasteiger charge is -2.09. The van der Waals surface area contributed by atoms with Crippen molar-refractivity contribution in [1.29, 1.82) is 0 Å². The van der Waals surface area contributed by atoms with Gasteiger partial charge in [-0.15, -0.1) is 0 Å². The maximum Gasteiger partial charge on any atom is 0.0747 e. The number of ether oxygens (including phenoxy) is 6. The third-order valence-electron chi connectivity index (χ3n) is 7.56. The fourth-order valence-electron chi connectivity index (χ4n) is 4.66. The molecule has 0 saturated carbocycles. The minimum absolute atomic E-state index is 0.0958. The molecule has 3 aromatic rings. The van der Waals surface area contributed by atoms with Crippen LogP contribution in [-0.2, 0) is 48.2 Å². The molecule has 13 heteroatoms. The van der Waals surface area contributed by atoms with Gasteiger partial charge < -0.3 is 33.5 Å². The molecule has 0 bridgehead atoms. The van der Waals surface area contributed by atoms with Gasteiger partial charge in [-0.1, -0.05) is 113 Å². The van der Waals surface area contributed by atoms with E-state index >= 15 is 0 Å². The molecule has 0 atom stereocenters. The monoisotopic (exact) mass is 842 g/mol.